The molecule has 0 amide bonds. The van der Waals surface area contributed by atoms with Crippen LogP contribution >= 0.6 is 0 Å². The molecule has 4 nitrogen and oxygen atoms in total. The highest BCUT2D eigenvalue weighted by Gasteiger charge is 2.53. The standard InChI is InChI=1S/C25H31FN2O2/c1-24-15-28-16-27-23(17-6-8-20(26)9-7-17)21(28)14-19(24)4-3-5-22(24)25(2,29)18-10-12-30-13-11-18/h6-9,14,16,18,22,29H,3-5,10-13,15H2,1-2H3/t22-,24-,25-/m0/s1. The van der Waals surface area contributed by atoms with Gasteiger partial charge in [-0.3, -0.25) is 0 Å². The van der Waals surface area contributed by atoms with Crippen LogP contribution < -0.4 is 0 Å². The van der Waals surface area contributed by atoms with Gasteiger partial charge in [0.25, 0.3) is 0 Å². The second-order valence-electron chi connectivity index (χ2n) is 9.76. The first-order chi connectivity index (χ1) is 14.4. The van der Waals surface area contributed by atoms with E-state index < -0.39 is 5.60 Å². The van der Waals surface area contributed by atoms with E-state index in [-0.39, 0.29) is 23.1 Å². The number of aliphatic hydroxyl groups is 1. The van der Waals surface area contributed by atoms with Crippen LogP contribution in [0.4, 0.5) is 4.39 Å². The molecule has 2 fully saturated rings. The minimum atomic E-state index is -0.712. The summed E-state index contributed by atoms with van der Waals surface area (Å²) in [4.78, 5) is 4.68. The van der Waals surface area contributed by atoms with Gasteiger partial charge < -0.3 is 14.4 Å². The Balaban J connectivity index is 1.51. The second kappa shape index (κ2) is 7.31. The van der Waals surface area contributed by atoms with Crippen molar-refractivity contribution in [2.24, 2.45) is 17.3 Å². The Morgan fingerprint density at radius 1 is 1.20 bits per heavy atom. The minimum absolute atomic E-state index is 0.0895. The first kappa shape index (κ1) is 20.0. The van der Waals surface area contributed by atoms with Gasteiger partial charge in [0.1, 0.15) is 5.82 Å². The lowest BCUT2D eigenvalue weighted by atomic mass is 9.55. The van der Waals surface area contributed by atoms with Gasteiger partial charge in [-0.25, -0.2) is 9.37 Å². The topological polar surface area (TPSA) is 47.3 Å². The van der Waals surface area contributed by atoms with Gasteiger partial charge in [0.05, 0.1) is 23.3 Å². The van der Waals surface area contributed by atoms with Crippen molar-refractivity contribution in [3.05, 3.63) is 47.7 Å². The Bertz CT molecular complexity index is 956. The summed E-state index contributed by atoms with van der Waals surface area (Å²) in [7, 11) is 0. The van der Waals surface area contributed by atoms with Gasteiger partial charge in [0.15, 0.2) is 0 Å². The van der Waals surface area contributed by atoms with Crippen LogP contribution in [-0.2, 0) is 11.3 Å². The lowest BCUT2D eigenvalue weighted by molar-refractivity contribution is -0.128. The number of allylic oxidation sites excluding steroid dienone is 1. The number of benzene rings is 1. The van der Waals surface area contributed by atoms with Crippen molar-refractivity contribution in [2.45, 2.75) is 58.1 Å². The minimum Gasteiger partial charge on any atom is -0.390 e. The van der Waals surface area contributed by atoms with Crippen molar-refractivity contribution in [3.63, 3.8) is 0 Å². The zero-order valence-electron chi connectivity index (χ0n) is 17.9. The lowest BCUT2D eigenvalue weighted by Gasteiger charge is -2.54. The van der Waals surface area contributed by atoms with Crippen molar-refractivity contribution < 1.29 is 14.2 Å². The molecule has 160 valence electrons. The molecule has 1 aromatic heterocycles. The molecule has 1 saturated heterocycles. The first-order valence-corrected chi connectivity index (χ1v) is 11.2. The third kappa shape index (κ3) is 3.14. The molecule has 1 N–H and O–H groups in total. The van der Waals surface area contributed by atoms with Gasteiger partial charge in [-0.2, -0.15) is 0 Å². The monoisotopic (exact) mass is 410 g/mol. The summed E-state index contributed by atoms with van der Waals surface area (Å²) < 4.78 is 21.2. The van der Waals surface area contributed by atoms with Crippen LogP contribution in [0.15, 0.2) is 36.2 Å². The number of hydrogen-bond acceptors (Lipinski definition) is 3. The van der Waals surface area contributed by atoms with Gasteiger partial charge in [0.2, 0.25) is 0 Å². The van der Waals surface area contributed by atoms with E-state index in [0.29, 0.717) is 0 Å². The fraction of sp³-hybridized carbons (Fsp3) is 0.560. The zero-order chi connectivity index (χ0) is 20.9. The molecule has 0 unspecified atom stereocenters. The average Bonchev–Trinajstić information content (AvgIpc) is 3.14. The molecule has 1 saturated carbocycles. The second-order valence-corrected chi connectivity index (χ2v) is 9.76. The van der Waals surface area contributed by atoms with Crippen LogP contribution in [0, 0.1) is 23.1 Å². The maximum Gasteiger partial charge on any atom is 0.123 e. The van der Waals surface area contributed by atoms with Crippen LogP contribution in [0.25, 0.3) is 17.3 Å². The smallest absolute Gasteiger partial charge is 0.123 e. The molecule has 1 aliphatic carbocycles. The Morgan fingerprint density at radius 3 is 2.67 bits per heavy atom. The predicted molar refractivity (Wildman–Crippen MR) is 115 cm³/mol. The molecule has 3 heterocycles. The number of halogens is 1. The highest BCUT2D eigenvalue weighted by atomic mass is 19.1. The molecule has 3 aliphatic rings. The van der Waals surface area contributed by atoms with E-state index >= 15 is 0 Å². The van der Waals surface area contributed by atoms with Crippen LogP contribution in [0.1, 0.15) is 51.6 Å². The van der Waals surface area contributed by atoms with E-state index in [2.05, 4.69) is 29.5 Å². The maximum absolute atomic E-state index is 13.4. The Kier molecular flexibility index (Phi) is 4.86. The van der Waals surface area contributed by atoms with E-state index in [1.165, 1.54) is 17.7 Å². The predicted octanol–water partition coefficient (Wildman–Crippen LogP) is 5.07. The van der Waals surface area contributed by atoms with Crippen molar-refractivity contribution in [2.75, 3.05) is 13.2 Å². The Morgan fingerprint density at radius 2 is 1.93 bits per heavy atom. The number of imidazole rings is 1. The molecule has 30 heavy (non-hydrogen) atoms. The fourth-order valence-electron chi connectivity index (χ4n) is 6.30. The molecule has 0 spiro atoms. The third-order valence-corrected chi connectivity index (χ3v) is 8.00. The molecule has 0 bridgehead atoms. The van der Waals surface area contributed by atoms with E-state index in [1.54, 1.807) is 12.1 Å². The van der Waals surface area contributed by atoms with E-state index in [9.17, 15) is 9.50 Å². The number of hydrogen-bond donors (Lipinski definition) is 1. The summed E-state index contributed by atoms with van der Waals surface area (Å²) in [5.41, 5.74) is 3.56. The molecule has 0 radical (unpaired) electrons. The molecule has 1 aromatic carbocycles. The van der Waals surface area contributed by atoms with Gasteiger partial charge in [-0.1, -0.05) is 12.5 Å². The van der Waals surface area contributed by atoms with Crippen LogP contribution in [0.5, 0.6) is 0 Å². The van der Waals surface area contributed by atoms with Gasteiger partial charge >= 0.3 is 0 Å². The highest BCUT2D eigenvalue weighted by Crippen LogP contribution is 2.55. The normalized spacial score (nSPS) is 28.9. The van der Waals surface area contributed by atoms with Gasteiger partial charge in [0, 0.05) is 30.7 Å². The van der Waals surface area contributed by atoms with Crippen molar-refractivity contribution in [3.8, 4) is 11.3 Å². The third-order valence-electron chi connectivity index (χ3n) is 8.00. The lowest BCUT2D eigenvalue weighted by Crippen LogP contribution is -2.54. The number of ether oxygens (including phenoxy) is 1. The Labute approximate surface area is 177 Å². The molecule has 2 aliphatic heterocycles. The summed E-state index contributed by atoms with van der Waals surface area (Å²) >= 11 is 0. The summed E-state index contributed by atoms with van der Waals surface area (Å²) in [5, 5.41) is 11.8. The molecule has 5 rings (SSSR count). The summed E-state index contributed by atoms with van der Waals surface area (Å²) in [6, 6.07) is 6.57. The summed E-state index contributed by atoms with van der Waals surface area (Å²) in [6.45, 7) is 6.72. The summed E-state index contributed by atoms with van der Waals surface area (Å²) in [6.07, 6.45) is 9.28. The summed E-state index contributed by atoms with van der Waals surface area (Å²) in [5.74, 6) is 0.257. The Hall–Kier alpha value is -1.98. The van der Waals surface area contributed by atoms with E-state index in [0.717, 1.165) is 68.8 Å². The fourth-order valence-corrected chi connectivity index (χ4v) is 6.30. The van der Waals surface area contributed by atoms with Crippen LogP contribution in [0.2, 0.25) is 0 Å². The molecule has 2 aromatic rings. The van der Waals surface area contributed by atoms with Crippen molar-refractivity contribution in [1.29, 1.82) is 0 Å². The van der Waals surface area contributed by atoms with E-state index in [1.807, 2.05) is 6.33 Å². The SMILES string of the molecule is C[C@]12Cn3cnc(-c4ccc(F)cc4)c3C=C1CCC[C@@H]2[C@@](C)(O)C1CCOCC1. The van der Waals surface area contributed by atoms with Crippen molar-refractivity contribution >= 4 is 6.08 Å². The van der Waals surface area contributed by atoms with Gasteiger partial charge in [-0.05, 0) is 81.2 Å². The average molecular weight is 411 g/mol. The first-order valence-electron chi connectivity index (χ1n) is 11.2. The highest BCUT2D eigenvalue weighted by molar-refractivity contribution is 5.72. The molecule has 3 atom stereocenters. The molecular formula is C25H31FN2O2. The zero-order valence-corrected chi connectivity index (χ0v) is 17.9. The number of aromatic nitrogens is 2. The van der Waals surface area contributed by atoms with Gasteiger partial charge in [-0.15, -0.1) is 0 Å². The number of fused-ring (bicyclic) bond motifs is 2. The number of nitrogens with zero attached hydrogens (tertiary/aromatic N) is 2. The maximum atomic E-state index is 13.4. The molecule has 5 heteroatoms. The van der Waals surface area contributed by atoms with E-state index in [4.69, 9.17) is 4.74 Å². The number of rotatable bonds is 3. The van der Waals surface area contributed by atoms with Crippen LogP contribution in [-0.4, -0.2) is 33.5 Å². The largest absolute Gasteiger partial charge is 0.390 e. The molecular weight excluding hydrogens is 379 g/mol. The quantitative estimate of drug-likeness (QED) is 0.768. The van der Waals surface area contributed by atoms with Crippen LogP contribution in [0.3, 0.4) is 0 Å². The van der Waals surface area contributed by atoms with Crippen molar-refractivity contribution in [1.82, 2.24) is 9.55 Å².